The first-order valence-electron chi connectivity index (χ1n) is 7.02. The highest BCUT2D eigenvalue weighted by Gasteiger charge is 2.26. The molecule has 2 atom stereocenters. The van der Waals surface area contributed by atoms with E-state index in [1.807, 2.05) is 6.07 Å². The van der Waals surface area contributed by atoms with Gasteiger partial charge in [0.15, 0.2) is 0 Å². The first-order valence-corrected chi connectivity index (χ1v) is 7.02. The Morgan fingerprint density at radius 3 is 2.90 bits per heavy atom. The predicted molar refractivity (Wildman–Crippen MR) is 78.1 cm³/mol. The van der Waals surface area contributed by atoms with Crippen molar-refractivity contribution in [1.82, 2.24) is 10.2 Å². The van der Waals surface area contributed by atoms with E-state index in [-0.39, 0.29) is 18.5 Å². The van der Waals surface area contributed by atoms with E-state index in [0.717, 1.165) is 26.1 Å². The average Bonchev–Trinajstić information content (AvgIpc) is 2.88. The Hall–Kier alpha value is -1.43. The van der Waals surface area contributed by atoms with Crippen LogP contribution in [-0.2, 0) is 16.1 Å². The number of nitrogens with two attached hydrogens (primary N) is 1. The molecule has 0 aromatic heterocycles. The van der Waals surface area contributed by atoms with Gasteiger partial charge in [0, 0.05) is 39.3 Å². The molecular formula is C15H23N3O2. The van der Waals surface area contributed by atoms with Crippen molar-refractivity contribution in [2.75, 3.05) is 26.7 Å². The Labute approximate surface area is 120 Å². The lowest BCUT2D eigenvalue weighted by molar-refractivity contribution is -0.131. The molecule has 1 aromatic rings. The molecule has 20 heavy (non-hydrogen) atoms. The first-order chi connectivity index (χ1) is 9.72. The number of amides is 1. The number of rotatable bonds is 6. The molecule has 5 heteroatoms. The maximum absolute atomic E-state index is 11.9. The molecule has 0 saturated carbocycles. The fraction of sp³-hybridized carbons (Fsp3) is 0.533. The lowest BCUT2D eigenvalue weighted by atomic mass is 10.2. The fourth-order valence-corrected chi connectivity index (χ4v) is 2.54. The van der Waals surface area contributed by atoms with E-state index in [0.29, 0.717) is 0 Å². The van der Waals surface area contributed by atoms with E-state index in [9.17, 15) is 4.79 Å². The van der Waals surface area contributed by atoms with Crippen LogP contribution in [0.2, 0.25) is 0 Å². The number of benzene rings is 1. The third kappa shape index (κ3) is 4.03. The molecule has 1 aliphatic rings. The average molecular weight is 277 g/mol. The molecule has 2 unspecified atom stereocenters. The zero-order valence-corrected chi connectivity index (χ0v) is 11.9. The summed E-state index contributed by atoms with van der Waals surface area (Å²) in [6.45, 7) is 3.02. The Morgan fingerprint density at radius 1 is 1.50 bits per heavy atom. The maximum Gasteiger partial charge on any atom is 0.250 e. The quantitative estimate of drug-likeness (QED) is 0.787. The van der Waals surface area contributed by atoms with Gasteiger partial charge < -0.3 is 15.8 Å². The van der Waals surface area contributed by atoms with Crippen LogP contribution in [0.25, 0.3) is 0 Å². The molecule has 2 rings (SSSR count). The second-order valence-electron chi connectivity index (χ2n) is 5.17. The van der Waals surface area contributed by atoms with Gasteiger partial charge in [-0.2, -0.15) is 0 Å². The zero-order valence-electron chi connectivity index (χ0n) is 11.9. The predicted octanol–water partition coefficient (Wildman–Crippen LogP) is 0.351. The second-order valence-corrected chi connectivity index (χ2v) is 5.17. The number of carbonyl (C=O) groups excluding carboxylic acids is 1. The summed E-state index contributed by atoms with van der Waals surface area (Å²) in [6, 6.07) is 10.6. The molecule has 5 nitrogen and oxygen atoms in total. The molecule has 0 spiro atoms. The first kappa shape index (κ1) is 15.0. The molecule has 0 aliphatic carbocycles. The minimum absolute atomic E-state index is 0.110. The Morgan fingerprint density at radius 2 is 2.25 bits per heavy atom. The number of hydrogen-bond donors (Lipinski definition) is 2. The fourth-order valence-electron chi connectivity index (χ4n) is 2.54. The third-order valence-corrected chi connectivity index (χ3v) is 3.66. The van der Waals surface area contributed by atoms with E-state index >= 15 is 0 Å². The molecule has 1 heterocycles. The van der Waals surface area contributed by atoms with Crippen LogP contribution in [0, 0.1) is 0 Å². The summed E-state index contributed by atoms with van der Waals surface area (Å²) < 4.78 is 5.04. The molecule has 1 aromatic carbocycles. The van der Waals surface area contributed by atoms with E-state index in [4.69, 9.17) is 10.5 Å². The van der Waals surface area contributed by atoms with E-state index in [2.05, 4.69) is 34.5 Å². The van der Waals surface area contributed by atoms with Crippen molar-refractivity contribution in [1.29, 1.82) is 0 Å². The van der Waals surface area contributed by atoms with Gasteiger partial charge in [-0.25, -0.2) is 0 Å². The zero-order chi connectivity index (χ0) is 14.4. The topological polar surface area (TPSA) is 67.6 Å². The SMILES string of the molecule is COC(CN)C(=O)NC1CCN(Cc2ccccc2)C1. The van der Waals surface area contributed by atoms with Crippen molar-refractivity contribution in [3.63, 3.8) is 0 Å². The van der Waals surface area contributed by atoms with Crippen molar-refractivity contribution < 1.29 is 9.53 Å². The summed E-state index contributed by atoms with van der Waals surface area (Å²) in [5.41, 5.74) is 6.79. The molecule has 1 amide bonds. The molecule has 0 radical (unpaired) electrons. The number of methoxy groups -OCH3 is 1. The lowest BCUT2D eigenvalue weighted by Crippen LogP contribution is -2.46. The maximum atomic E-state index is 11.9. The normalized spacial score (nSPS) is 20.8. The highest BCUT2D eigenvalue weighted by atomic mass is 16.5. The number of hydrogen-bond acceptors (Lipinski definition) is 4. The molecular weight excluding hydrogens is 254 g/mol. The van der Waals surface area contributed by atoms with Crippen molar-refractivity contribution in [3.8, 4) is 0 Å². The van der Waals surface area contributed by atoms with Crippen LogP contribution in [-0.4, -0.2) is 49.7 Å². The van der Waals surface area contributed by atoms with Crippen LogP contribution >= 0.6 is 0 Å². The molecule has 3 N–H and O–H groups in total. The van der Waals surface area contributed by atoms with Crippen LogP contribution in [0.1, 0.15) is 12.0 Å². The molecule has 1 aliphatic heterocycles. The number of ether oxygens (including phenoxy) is 1. The molecule has 110 valence electrons. The number of nitrogens with zero attached hydrogens (tertiary/aromatic N) is 1. The number of carbonyl (C=O) groups is 1. The van der Waals surface area contributed by atoms with Crippen molar-refractivity contribution in [2.24, 2.45) is 5.73 Å². The van der Waals surface area contributed by atoms with Gasteiger partial charge in [-0.1, -0.05) is 30.3 Å². The summed E-state index contributed by atoms with van der Waals surface area (Å²) >= 11 is 0. The Kier molecular flexibility index (Phi) is 5.52. The van der Waals surface area contributed by atoms with E-state index < -0.39 is 6.10 Å². The summed E-state index contributed by atoms with van der Waals surface area (Å²) in [5.74, 6) is -0.110. The van der Waals surface area contributed by atoms with Crippen LogP contribution in [0.15, 0.2) is 30.3 Å². The van der Waals surface area contributed by atoms with Gasteiger partial charge in [-0.3, -0.25) is 9.69 Å². The van der Waals surface area contributed by atoms with Crippen molar-refractivity contribution in [2.45, 2.75) is 25.1 Å². The largest absolute Gasteiger partial charge is 0.370 e. The minimum atomic E-state index is -0.543. The van der Waals surface area contributed by atoms with E-state index in [1.54, 1.807) is 0 Å². The third-order valence-electron chi connectivity index (χ3n) is 3.66. The number of nitrogens with one attached hydrogen (secondary N) is 1. The van der Waals surface area contributed by atoms with Gasteiger partial charge in [-0.05, 0) is 12.0 Å². The van der Waals surface area contributed by atoms with Gasteiger partial charge in [-0.15, -0.1) is 0 Å². The lowest BCUT2D eigenvalue weighted by Gasteiger charge is -2.19. The monoisotopic (exact) mass is 277 g/mol. The Balaban J connectivity index is 1.79. The van der Waals surface area contributed by atoms with Crippen LogP contribution in [0.4, 0.5) is 0 Å². The van der Waals surface area contributed by atoms with Crippen molar-refractivity contribution in [3.05, 3.63) is 35.9 Å². The standard InChI is InChI=1S/C15H23N3O2/c1-20-14(9-16)15(19)17-13-7-8-18(11-13)10-12-5-3-2-4-6-12/h2-6,13-14H,7-11,16H2,1H3,(H,17,19). The molecule has 0 bridgehead atoms. The summed E-state index contributed by atoms with van der Waals surface area (Å²) in [6.07, 6.45) is 0.428. The van der Waals surface area contributed by atoms with Gasteiger partial charge in [0.25, 0.3) is 5.91 Å². The van der Waals surface area contributed by atoms with Gasteiger partial charge in [0.1, 0.15) is 6.10 Å². The summed E-state index contributed by atoms with van der Waals surface area (Å²) in [4.78, 5) is 14.2. The molecule has 1 saturated heterocycles. The molecule has 1 fully saturated rings. The van der Waals surface area contributed by atoms with Crippen LogP contribution in [0.3, 0.4) is 0 Å². The highest BCUT2D eigenvalue weighted by Crippen LogP contribution is 2.13. The Bertz CT molecular complexity index is 420. The highest BCUT2D eigenvalue weighted by molar-refractivity contribution is 5.81. The summed E-state index contributed by atoms with van der Waals surface area (Å²) in [7, 11) is 1.51. The van der Waals surface area contributed by atoms with Gasteiger partial charge in [0.2, 0.25) is 0 Å². The minimum Gasteiger partial charge on any atom is -0.370 e. The van der Waals surface area contributed by atoms with Crippen LogP contribution < -0.4 is 11.1 Å². The van der Waals surface area contributed by atoms with Gasteiger partial charge in [0.05, 0.1) is 0 Å². The smallest absolute Gasteiger partial charge is 0.250 e. The van der Waals surface area contributed by atoms with Crippen molar-refractivity contribution >= 4 is 5.91 Å². The van der Waals surface area contributed by atoms with E-state index in [1.165, 1.54) is 12.7 Å². The number of likely N-dealkylation sites (tertiary alicyclic amines) is 1. The summed E-state index contributed by atoms with van der Waals surface area (Å²) in [5, 5.41) is 3.01. The van der Waals surface area contributed by atoms with Gasteiger partial charge >= 0.3 is 0 Å². The van der Waals surface area contributed by atoms with Crippen LogP contribution in [0.5, 0.6) is 0 Å². The second kappa shape index (κ2) is 7.38.